The van der Waals surface area contributed by atoms with E-state index in [1.165, 1.54) is 12.8 Å². The quantitative estimate of drug-likeness (QED) is 0.937. The van der Waals surface area contributed by atoms with Crippen LogP contribution in [0, 0.1) is 0 Å². The Kier molecular flexibility index (Phi) is 2.98. The summed E-state index contributed by atoms with van der Waals surface area (Å²) in [4.78, 5) is 8.96. The number of hydrogen-bond donors (Lipinski definition) is 1. The summed E-state index contributed by atoms with van der Waals surface area (Å²) in [6.07, 6.45) is 6.24. The van der Waals surface area contributed by atoms with Crippen molar-refractivity contribution in [1.29, 1.82) is 0 Å². The number of aromatic nitrogens is 3. The van der Waals surface area contributed by atoms with Crippen LogP contribution < -0.4 is 5.73 Å². The van der Waals surface area contributed by atoms with Gasteiger partial charge in [0.2, 0.25) is 0 Å². The molecule has 1 unspecified atom stereocenters. The fourth-order valence-corrected chi connectivity index (χ4v) is 3.17. The highest BCUT2D eigenvalue weighted by Crippen LogP contribution is 2.38. The van der Waals surface area contributed by atoms with Gasteiger partial charge in [0.25, 0.3) is 0 Å². The average Bonchev–Trinajstić information content (AvgIpc) is 2.91. The van der Waals surface area contributed by atoms with Crippen LogP contribution in [0.3, 0.4) is 0 Å². The van der Waals surface area contributed by atoms with Crippen LogP contribution in [0.4, 0.5) is 0 Å². The first kappa shape index (κ1) is 12.8. The maximum atomic E-state index is 6.37. The van der Waals surface area contributed by atoms with Gasteiger partial charge in [-0.15, -0.1) is 11.3 Å². The molecular weight excluding hydrogens is 256 g/mol. The molecule has 2 heterocycles. The van der Waals surface area contributed by atoms with Gasteiger partial charge in [-0.1, -0.05) is 20.8 Å². The van der Waals surface area contributed by atoms with Crippen LogP contribution in [-0.4, -0.2) is 14.5 Å². The second-order valence-electron chi connectivity index (χ2n) is 6.26. The van der Waals surface area contributed by atoms with E-state index in [2.05, 4.69) is 35.7 Å². The van der Waals surface area contributed by atoms with Gasteiger partial charge >= 0.3 is 0 Å². The Labute approximate surface area is 117 Å². The maximum absolute atomic E-state index is 6.37. The zero-order valence-electron chi connectivity index (χ0n) is 11.6. The first-order valence-corrected chi connectivity index (χ1v) is 7.58. The van der Waals surface area contributed by atoms with Crippen LogP contribution in [-0.2, 0) is 5.41 Å². The zero-order valence-corrected chi connectivity index (χ0v) is 12.4. The molecule has 2 aromatic rings. The number of imidazole rings is 1. The Morgan fingerprint density at radius 3 is 2.74 bits per heavy atom. The third-order valence-corrected chi connectivity index (χ3v) is 4.44. The molecule has 4 nitrogen and oxygen atoms in total. The summed E-state index contributed by atoms with van der Waals surface area (Å²) >= 11 is 1.65. The predicted octanol–water partition coefficient (Wildman–Crippen LogP) is 3.02. The molecule has 2 aromatic heterocycles. The molecular formula is C14H20N4S. The molecule has 0 aromatic carbocycles. The fraction of sp³-hybridized carbons (Fsp3) is 0.571. The molecule has 1 saturated carbocycles. The van der Waals surface area contributed by atoms with Crippen molar-refractivity contribution in [3.63, 3.8) is 0 Å². The maximum Gasteiger partial charge on any atom is 0.116 e. The molecule has 1 atom stereocenters. The lowest BCUT2D eigenvalue weighted by atomic mass is 9.93. The molecule has 0 spiro atoms. The molecule has 3 rings (SSSR count). The van der Waals surface area contributed by atoms with Crippen molar-refractivity contribution in [3.8, 4) is 0 Å². The van der Waals surface area contributed by atoms with E-state index in [1.54, 1.807) is 11.3 Å². The Bertz CT molecular complexity index is 574. The SMILES string of the molecule is CC(C)(C)c1csc(C(N)c2cncn2C2CC2)n1. The van der Waals surface area contributed by atoms with Crippen molar-refractivity contribution in [2.75, 3.05) is 0 Å². The minimum atomic E-state index is -0.163. The number of nitrogens with zero attached hydrogens (tertiary/aromatic N) is 3. The lowest BCUT2D eigenvalue weighted by molar-refractivity contribution is 0.568. The Balaban J connectivity index is 1.89. The standard InChI is InChI=1S/C14H20N4S/c1-14(2,3)11-7-19-13(17-11)12(15)10-6-16-8-18(10)9-4-5-9/h6-9,12H,4-5,15H2,1-3H3. The van der Waals surface area contributed by atoms with Crippen LogP contribution in [0.5, 0.6) is 0 Å². The van der Waals surface area contributed by atoms with E-state index in [9.17, 15) is 0 Å². The Hall–Kier alpha value is -1.20. The number of rotatable bonds is 3. The van der Waals surface area contributed by atoms with E-state index in [0.29, 0.717) is 6.04 Å². The molecule has 1 aliphatic carbocycles. The Morgan fingerprint density at radius 1 is 1.42 bits per heavy atom. The largest absolute Gasteiger partial charge is 0.330 e. The first-order valence-electron chi connectivity index (χ1n) is 6.70. The van der Waals surface area contributed by atoms with E-state index in [-0.39, 0.29) is 11.5 Å². The van der Waals surface area contributed by atoms with Gasteiger partial charge in [-0.3, -0.25) is 0 Å². The van der Waals surface area contributed by atoms with Crippen LogP contribution in [0.25, 0.3) is 0 Å². The molecule has 1 aliphatic rings. The normalized spacial score (nSPS) is 17.7. The second-order valence-corrected chi connectivity index (χ2v) is 7.15. The van der Waals surface area contributed by atoms with Crippen molar-refractivity contribution >= 4 is 11.3 Å². The smallest absolute Gasteiger partial charge is 0.116 e. The molecule has 0 amide bonds. The van der Waals surface area contributed by atoms with E-state index in [0.717, 1.165) is 16.4 Å². The van der Waals surface area contributed by atoms with Crippen molar-refractivity contribution < 1.29 is 0 Å². The predicted molar refractivity (Wildman–Crippen MR) is 77.3 cm³/mol. The highest BCUT2D eigenvalue weighted by Gasteiger charge is 2.28. The molecule has 5 heteroatoms. The van der Waals surface area contributed by atoms with Crippen molar-refractivity contribution in [2.45, 2.75) is 51.1 Å². The lowest BCUT2D eigenvalue weighted by Gasteiger charge is -2.15. The minimum absolute atomic E-state index is 0.0746. The van der Waals surface area contributed by atoms with E-state index >= 15 is 0 Å². The zero-order chi connectivity index (χ0) is 13.6. The molecule has 0 bridgehead atoms. The van der Waals surface area contributed by atoms with Crippen LogP contribution in [0.2, 0.25) is 0 Å². The van der Waals surface area contributed by atoms with Crippen LogP contribution in [0.1, 0.15) is 62.1 Å². The van der Waals surface area contributed by atoms with Gasteiger partial charge in [0.1, 0.15) is 5.01 Å². The third-order valence-electron chi connectivity index (χ3n) is 3.51. The highest BCUT2D eigenvalue weighted by atomic mass is 32.1. The summed E-state index contributed by atoms with van der Waals surface area (Å²) in [6, 6.07) is 0.440. The summed E-state index contributed by atoms with van der Waals surface area (Å²) in [5.74, 6) is 0. The van der Waals surface area contributed by atoms with Crippen LogP contribution in [0.15, 0.2) is 17.9 Å². The number of nitrogens with two attached hydrogens (primary N) is 1. The van der Waals surface area contributed by atoms with Gasteiger partial charge in [-0.2, -0.15) is 0 Å². The summed E-state index contributed by atoms with van der Waals surface area (Å²) in [7, 11) is 0. The molecule has 1 fully saturated rings. The molecule has 0 aliphatic heterocycles. The van der Waals surface area contributed by atoms with E-state index < -0.39 is 0 Å². The monoisotopic (exact) mass is 276 g/mol. The van der Waals surface area contributed by atoms with Crippen LogP contribution >= 0.6 is 11.3 Å². The fourth-order valence-electron chi connectivity index (χ4n) is 2.12. The van der Waals surface area contributed by atoms with E-state index in [4.69, 9.17) is 10.7 Å². The van der Waals surface area contributed by atoms with Crippen molar-refractivity contribution in [3.05, 3.63) is 34.3 Å². The topological polar surface area (TPSA) is 56.7 Å². The van der Waals surface area contributed by atoms with Crippen molar-refractivity contribution in [1.82, 2.24) is 14.5 Å². The number of thiazole rings is 1. The molecule has 19 heavy (non-hydrogen) atoms. The Morgan fingerprint density at radius 2 is 2.16 bits per heavy atom. The van der Waals surface area contributed by atoms with Gasteiger partial charge in [-0.25, -0.2) is 9.97 Å². The summed E-state index contributed by atoms with van der Waals surface area (Å²) in [6.45, 7) is 6.52. The summed E-state index contributed by atoms with van der Waals surface area (Å²) < 4.78 is 2.21. The van der Waals surface area contributed by atoms with Gasteiger partial charge in [0.15, 0.2) is 0 Å². The minimum Gasteiger partial charge on any atom is -0.330 e. The first-order chi connectivity index (χ1) is 8.97. The molecule has 0 radical (unpaired) electrons. The average molecular weight is 276 g/mol. The van der Waals surface area contributed by atoms with Gasteiger partial charge in [0.05, 0.1) is 30.0 Å². The molecule has 0 saturated heterocycles. The van der Waals surface area contributed by atoms with E-state index in [1.807, 2.05) is 12.5 Å². The summed E-state index contributed by atoms with van der Waals surface area (Å²) in [5, 5.41) is 3.10. The van der Waals surface area contributed by atoms with Gasteiger partial charge in [-0.05, 0) is 12.8 Å². The molecule has 102 valence electrons. The summed E-state index contributed by atoms with van der Waals surface area (Å²) in [5.41, 5.74) is 8.64. The third kappa shape index (κ3) is 2.44. The second kappa shape index (κ2) is 4.42. The van der Waals surface area contributed by atoms with Gasteiger partial charge < -0.3 is 10.3 Å². The highest BCUT2D eigenvalue weighted by molar-refractivity contribution is 7.09. The lowest BCUT2D eigenvalue weighted by Crippen LogP contribution is -2.17. The number of hydrogen-bond acceptors (Lipinski definition) is 4. The van der Waals surface area contributed by atoms with Gasteiger partial charge in [0, 0.05) is 16.8 Å². The van der Waals surface area contributed by atoms with Crippen molar-refractivity contribution in [2.24, 2.45) is 5.73 Å². The molecule has 2 N–H and O–H groups in total.